The molecule has 2 N–H and O–H groups in total. The molecule has 0 fully saturated rings. The topological polar surface area (TPSA) is 56.0 Å². The van der Waals surface area contributed by atoms with Gasteiger partial charge in [-0.25, -0.2) is 4.98 Å². The van der Waals surface area contributed by atoms with Gasteiger partial charge < -0.3 is 5.73 Å². The maximum Gasteiger partial charge on any atom is 0.180 e. The van der Waals surface area contributed by atoms with E-state index in [2.05, 4.69) is 4.98 Å². The Morgan fingerprint density at radius 3 is 2.92 bits per heavy atom. The fourth-order valence-corrected chi connectivity index (χ4v) is 1.63. The highest BCUT2D eigenvalue weighted by atomic mass is 32.1. The van der Waals surface area contributed by atoms with Gasteiger partial charge in [-0.3, -0.25) is 4.79 Å². The summed E-state index contributed by atoms with van der Waals surface area (Å²) >= 11 is 1.38. The fraction of sp³-hybridized carbons (Fsp3) is 0.500. The summed E-state index contributed by atoms with van der Waals surface area (Å²) in [5, 5.41) is 2.37. The molecule has 3 nitrogen and oxygen atoms in total. The van der Waals surface area contributed by atoms with Crippen LogP contribution in [0.15, 0.2) is 5.38 Å². The molecule has 0 aromatic carbocycles. The summed E-state index contributed by atoms with van der Waals surface area (Å²) < 4.78 is 0. The smallest absolute Gasteiger partial charge is 0.180 e. The van der Waals surface area contributed by atoms with Gasteiger partial charge in [0.25, 0.3) is 0 Å². The molecule has 0 aliphatic rings. The van der Waals surface area contributed by atoms with Gasteiger partial charge in [0.15, 0.2) is 5.13 Å². The molecule has 0 amide bonds. The molecular formula is C8H12N2OS. The third kappa shape index (κ3) is 1.82. The predicted molar refractivity (Wildman–Crippen MR) is 50.2 cm³/mol. The van der Waals surface area contributed by atoms with E-state index in [0.29, 0.717) is 11.6 Å². The van der Waals surface area contributed by atoms with Crippen molar-refractivity contribution >= 4 is 22.3 Å². The first kappa shape index (κ1) is 9.19. The zero-order valence-electron chi connectivity index (χ0n) is 7.20. The predicted octanol–water partition coefficient (Wildman–Crippen LogP) is 1.81. The Hall–Kier alpha value is -0.900. The lowest BCUT2D eigenvalue weighted by Crippen LogP contribution is -2.07. The van der Waals surface area contributed by atoms with Crippen LogP contribution < -0.4 is 5.73 Å². The number of hydrogen-bond acceptors (Lipinski definition) is 4. The summed E-state index contributed by atoms with van der Waals surface area (Å²) in [6.07, 6.45) is 0.554. The molecule has 0 saturated carbocycles. The summed E-state index contributed by atoms with van der Waals surface area (Å²) in [5.41, 5.74) is 6.25. The molecule has 0 saturated heterocycles. The van der Waals surface area contributed by atoms with Gasteiger partial charge in [0.1, 0.15) is 5.78 Å². The molecule has 0 unspecified atom stereocenters. The lowest BCUT2D eigenvalue weighted by molar-refractivity contribution is -0.119. The second kappa shape index (κ2) is 3.67. The summed E-state index contributed by atoms with van der Waals surface area (Å²) in [4.78, 5) is 15.3. The number of hydrogen-bond donors (Lipinski definition) is 1. The van der Waals surface area contributed by atoms with E-state index in [1.807, 2.05) is 19.2 Å². The van der Waals surface area contributed by atoms with E-state index >= 15 is 0 Å². The van der Waals surface area contributed by atoms with Gasteiger partial charge in [0.2, 0.25) is 0 Å². The third-order valence-electron chi connectivity index (χ3n) is 1.81. The number of rotatable bonds is 3. The molecule has 1 aromatic heterocycles. The number of carbonyl (C=O) groups is 1. The van der Waals surface area contributed by atoms with Crippen LogP contribution >= 0.6 is 11.3 Å². The number of aromatic nitrogens is 1. The molecule has 66 valence electrons. The van der Waals surface area contributed by atoms with Crippen LogP contribution in [0.2, 0.25) is 0 Å². The van der Waals surface area contributed by atoms with Crippen molar-refractivity contribution in [2.45, 2.75) is 26.2 Å². The Bertz CT molecular complexity index is 282. The molecule has 12 heavy (non-hydrogen) atoms. The number of anilines is 1. The standard InChI is InChI=1S/C8H12N2OS/c1-3-7(11)5(2)6-4-12-8(9)10-6/h4-5H,3H2,1-2H3,(H2,9,10)/t5-/m0/s1. The minimum Gasteiger partial charge on any atom is -0.375 e. The van der Waals surface area contributed by atoms with Gasteiger partial charge in [-0.1, -0.05) is 6.92 Å². The van der Waals surface area contributed by atoms with Crippen LogP contribution in [0, 0.1) is 0 Å². The first-order valence-electron chi connectivity index (χ1n) is 3.88. The summed E-state index contributed by atoms with van der Waals surface area (Å²) in [7, 11) is 0. The second-order valence-corrected chi connectivity index (χ2v) is 3.54. The molecule has 0 spiro atoms. The molecule has 1 heterocycles. The van der Waals surface area contributed by atoms with Gasteiger partial charge in [-0.2, -0.15) is 0 Å². The van der Waals surface area contributed by atoms with Crippen molar-refractivity contribution in [2.75, 3.05) is 5.73 Å². The molecule has 1 aromatic rings. The fourth-order valence-electron chi connectivity index (χ4n) is 0.971. The lowest BCUT2D eigenvalue weighted by atomic mass is 10.0. The van der Waals surface area contributed by atoms with E-state index in [4.69, 9.17) is 5.73 Å². The molecule has 0 radical (unpaired) electrons. The average molecular weight is 184 g/mol. The number of nitrogens with two attached hydrogens (primary N) is 1. The van der Waals surface area contributed by atoms with Gasteiger partial charge in [-0.05, 0) is 6.92 Å². The van der Waals surface area contributed by atoms with Crippen molar-refractivity contribution in [1.82, 2.24) is 4.98 Å². The van der Waals surface area contributed by atoms with Crippen molar-refractivity contribution in [1.29, 1.82) is 0 Å². The molecule has 4 heteroatoms. The van der Waals surface area contributed by atoms with E-state index in [0.717, 1.165) is 5.69 Å². The van der Waals surface area contributed by atoms with Gasteiger partial charge in [0, 0.05) is 11.8 Å². The number of carbonyl (C=O) groups excluding carboxylic acids is 1. The monoisotopic (exact) mass is 184 g/mol. The minimum atomic E-state index is -0.108. The molecule has 1 rings (SSSR count). The normalized spacial score (nSPS) is 12.8. The maximum atomic E-state index is 11.2. The zero-order valence-corrected chi connectivity index (χ0v) is 8.02. The molecular weight excluding hydrogens is 172 g/mol. The molecule has 1 atom stereocenters. The molecule has 0 bridgehead atoms. The largest absolute Gasteiger partial charge is 0.375 e. The SMILES string of the molecule is CCC(=O)[C@@H](C)c1csc(N)n1. The Kier molecular flexibility index (Phi) is 2.81. The quantitative estimate of drug-likeness (QED) is 0.779. The number of nitrogens with zero attached hydrogens (tertiary/aromatic N) is 1. The van der Waals surface area contributed by atoms with E-state index in [1.165, 1.54) is 11.3 Å². The first-order valence-corrected chi connectivity index (χ1v) is 4.76. The highest BCUT2D eigenvalue weighted by Gasteiger charge is 2.15. The van der Waals surface area contributed by atoms with Gasteiger partial charge >= 0.3 is 0 Å². The van der Waals surface area contributed by atoms with E-state index in [1.54, 1.807) is 0 Å². The zero-order chi connectivity index (χ0) is 9.14. The highest BCUT2D eigenvalue weighted by Crippen LogP contribution is 2.21. The first-order chi connectivity index (χ1) is 5.65. The summed E-state index contributed by atoms with van der Waals surface area (Å²) in [5.74, 6) is 0.101. The maximum absolute atomic E-state index is 11.2. The van der Waals surface area contributed by atoms with Crippen molar-refractivity contribution in [3.63, 3.8) is 0 Å². The van der Waals surface area contributed by atoms with Crippen molar-refractivity contribution < 1.29 is 4.79 Å². The van der Waals surface area contributed by atoms with E-state index in [-0.39, 0.29) is 11.7 Å². The lowest BCUT2D eigenvalue weighted by Gasteiger charge is -2.03. The third-order valence-corrected chi connectivity index (χ3v) is 2.51. The average Bonchev–Trinajstić information content (AvgIpc) is 2.49. The molecule has 0 aliphatic heterocycles. The number of nitrogen functional groups attached to an aromatic ring is 1. The van der Waals surface area contributed by atoms with Crippen LogP contribution in [0.5, 0.6) is 0 Å². The summed E-state index contributed by atoms with van der Waals surface area (Å²) in [6.45, 7) is 3.72. The van der Waals surface area contributed by atoms with Gasteiger partial charge in [0.05, 0.1) is 11.6 Å². The van der Waals surface area contributed by atoms with Crippen LogP contribution in [0.3, 0.4) is 0 Å². The van der Waals surface area contributed by atoms with E-state index in [9.17, 15) is 4.79 Å². The number of ketones is 1. The van der Waals surface area contributed by atoms with Crippen molar-refractivity contribution in [2.24, 2.45) is 0 Å². The summed E-state index contributed by atoms with van der Waals surface area (Å²) in [6, 6.07) is 0. The van der Waals surface area contributed by atoms with E-state index < -0.39 is 0 Å². The second-order valence-electron chi connectivity index (χ2n) is 2.65. The van der Waals surface area contributed by atoms with Crippen LogP contribution in [-0.2, 0) is 4.79 Å². The van der Waals surface area contributed by atoms with Crippen LogP contribution in [0.1, 0.15) is 31.9 Å². The Balaban J connectivity index is 2.77. The Labute approximate surface area is 75.6 Å². The van der Waals surface area contributed by atoms with Crippen molar-refractivity contribution in [3.05, 3.63) is 11.1 Å². The van der Waals surface area contributed by atoms with Crippen LogP contribution in [0.4, 0.5) is 5.13 Å². The highest BCUT2D eigenvalue weighted by molar-refractivity contribution is 7.13. The van der Waals surface area contributed by atoms with Crippen LogP contribution in [-0.4, -0.2) is 10.8 Å². The molecule has 0 aliphatic carbocycles. The van der Waals surface area contributed by atoms with Crippen LogP contribution in [0.25, 0.3) is 0 Å². The van der Waals surface area contributed by atoms with Gasteiger partial charge in [-0.15, -0.1) is 11.3 Å². The van der Waals surface area contributed by atoms with Crippen molar-refractivity contribution in [3.8, 4) is 0 Å². The number of thiazole rings is 1. The number of Topliss-reactive ketones (excluding diaryl/α,β-unsaturated/α-hetero) is 1. The Morgan fingerprint density at radius 2 is 2.50 bits per heavy atom. The minimum absolute atomic E-state index is 0.108. The Morgan fingerprint density at radius 1 is 1.83 bits per heavy atom.